The lowest BCUT2D eigenvalue weighted by atomic mass is 10.3. The van der Waals surface area contributed by atoms with E-state index < -0.39 is 10.0 Å². The van der Waals surface area contributed by atoms with Crippen LogP contribution >= 0.6 is 11.3 Å². The molecule has 92 valence electrons. The summed E-state index contributed by atoms with van der Waals surface area (Å²) in [5.74, 6) is 1.46. The Balaban J connectivity index is 2.05. The van der Waals surface area contributed by atoms with Gasteiger partial charge in [-0.25, -0.2) is 13.1 Å². The van der Waals surface area contributed by atoms with Gasteiger partial charge >= 0.3 is 0 Å². The van der Waals surface area contributed by atoms with Gasteiger partial charge in [-0.3, -0.25) is 0 Å². The molecule has 0 radical (unpaired) electrons. The second kappa shape index (κ2) is 5.03. The first-order valence-electron chi connectivity index (χ1n) is 5.20. The minimum absolute atomic E-state index is 0.0749. The average molecular weight is 271 g/mol. The topological polar surface area (TPSA) is 59.3 Å². The number of hydrogen-bond donors (Lipinski definition) is 1. The molecule has 0 bridgehead atoms. The number of nitrogens with one attached hydrogen (secondary N) is 1. The van der Waals surface area contributed by atoms with Gasteiger partial charge in [0.05, 0.1) is 17.2 Å². The monoisotopic (exact) mass is 271 g/mol. The molecule has 0 amide bonds. The highest BCUT2D eigenvalue weighted by atomic mass is 32.2. The molecule has 0 fully saturated rings. The summed E-state index contributed by atoms with van der Waals surface area (Å²) in [6.07, 6.45) is 0. The van der Waals surface area contributed by atoms with Gasteiger partial charge in [0.15, 0.2) is 0 Å². The van der Waals surface area contributed by atoms with Crippen molar-refractivity contribution in [3.8, 4) is 10.6 Å². The van der Waals surface area contributed by atoms with Crippen molar-refractivity contribution in [3.05, 3.63) is 35.4 Å². The molecule has 2 aromatic rings. The number of furan rings is 1. The maximum atomic E-state index is 11.3. The Morgan fingerprint density at radius 2 is 2.18 bits per heavy atom. The number of sulfonamides is 1. The molecule has 0 saturated heterocycles. The zero-order valence-corrected chi connectivity index (χ0v) is 11.0. The minimum atomic E-state index is -3.17. The van der Waals surface area contributed by atoms with E-state index in [4.69, 9.17) is 4.42 Å². The van der Waals surface area contributed by atoms with Crippen molar-refractivity contribution in [2.24, 2.45) is 0 Å². The van der Waals surface area contributed by atoms with E-state index in [1.807, 2.05) is 23.6 Å². The third-order valence-electron chi connectivity index (χ3n) is 2.27. The van der Waals surface area contributed by atoms with Crippen LogP contribution in [0.1, 0.15) is 12.7 Å². The quantitative estimate of drug-likeness (QED) is 0.908. The summed E-state index contributed by atoms with van der Waals surface area (Å²) in [7, 11) is -3.17. The fourth-order valence-electron chi connectivity index (χ4n) is 1.31. The largest absolute Gasteiger partial charge is 0.459 e. The summed E-state index contributed by atoms with van der Waals surface area (Å²) in [5, 5.41) is 1.97. The molecule has 0 saturated carbocycles. The van der Waals surface area contributed by atoms with Gasteiger partial charge in [-0.05, 0) is 30.5 Å². The van der Waals surface area contributed by atoms with Gasteiger partial charge in [-0.15, -0.1) is 11.3 Å². The van der Waals surface area contributed by atoms with Gasteiger partial charge in [0.25, 0.3) is 0 Å². The first-order valence-corrected chi connectivity index (χ1v) is 7.74. The van der Waals surface area contributed by atoms with Crippen LogP contribution in [0.2, 0.25) is 0 Å². The summed E-state index contributed by atoms with van der Waals surface area (Å²) < 4.78 is 30.5. The summed E-state index contributed by atoms with van der Waals surface area (Å²) in [4.78, 5) is 1.04. The van der Waals surface area contributed by atoms with Gasteiger partial charge < -0.3 is 4.42 Å². The summed E-state index contributed by atoms with van der Waals surface area (Å²) >= 11 is 1.59. The van der Waals surface area contributed by atoms with Crippen LogP contribution in [0.4, 0.5) is 0 Å². The van der Waals surface area contributed by atoms with Crippen LogP contribution in [0.25, 0.3) is 10.6 Å². The Labute approximate surface area is 104 Å². The van der Waals surface area contributed by atoms with Crippen LogP contribution in [0.15, 0.2) is 34.1 Å². The van der Waals surface area contributed by atoms with E-state index in [1.165, 1.54) is 0 Å². The van der Waals surface area contributed by atoms with Crippen molar-refractivity contribution in [2.75, 3.05) is 5.75 Å². The minimum Gasteiger partial charge on any atom is -0.459 e. The van der Waals surface area contributed by atoms with E-state index in [2.05, 4.69) is 4.72 Å². The summed E-state index contributed by atoms with van der Waals surface area (Å²) in [6.45, 7) is 1.79. The van der Waals surface area contributed by atoms with Crippen molar-refractivity contribution >= 4 is 21.4 Å². The zero-order chi connectivity index (χ0) is 12.3. The average Bonchev–Trinajstić information content (AvgIpc) is 2.97. The van der Waals surface area contributed by atoms with E-state index in [-0.39, 0.29) is 12.3 Å². The predicted octanol–water partition coefficient (Wildman–Crippen LogP) is 2.45. The van der Waals surface area contributed by atoms with E-state index in [0.29, 0.717) is 5.76 Å². The predicted molar refractivity (Wildman–Crippen MR) is 68.3 cm³/mol. The molecule has 4 nitrogen and oxygen atoms in total. The van der Waals surface area contributed by atoms with Crippen LogP contribution in [0.5, 0.6) is 0 Å². The lowest BCUT2D eigenvalue weighted by molar-refractivity contribution is 0.510. The summed E-state index contributed by atoms with van der Waals surface area (Å²) in [5.41, 5.74) is 0. The molecule has 0 unspecified atom stereocenters. The van der Waals surface area contributed by atoms with Crippen molar-refractivity contribution in [3.63, 3.8) is 0 Å². The number of rotatable bonds is 5. The number of thiophene rings is 1. The lowest BCUT2D eigenvalue weighted by Crippen LogP contribution is -2.24. The van der Waals surface area contributed by atoms with Gasteiger partial charge in [0.1, 0.15) is 11.5 Å². The van der Waals surface area contributed by atoms with Crippen molar-refractivity contribution in [1.82, 2.24) is 4.72 Å². The van der Waals surface area contributed by atoms with Crippen molar-refractivity contribution < 1.29 is 12.8 Å². The Hall–Kier alpha value is -1.11. The standard InChI is InChI=1S/C11H13NO3S2/c1-2-17(13,14)12-8-9-5-6-10(15-9)11-4-3-7-16-11/h3-7,12H,2,8H2,1H3. The molecule has 1 N–H and O–H groups in total. The molecule has 2 rings (SSSR count). The van der Waals surface area contributed by atoms with Gasteiger partial charge in [0.2, 0.25) is 10.0 Å². The van der Waals surface area contributed by atoms with Gasteiger partial charge in [0, 0.05) is 0 Å². The zero-order valence-electron chi connectivity index (χ0n) is 9.34. The van der Waals surface area contributed by atoms with Crippen LogP contribution in [-0.2, 0) is 16.6 Å². The van der Waals surface area contributed by atoms with Crippen LogP contribution in [0.3, 0.4) is 0 Å². The summed E-state index contributed by atoms with van der Waals surface area (Å²) in [6, 6.07) is 7.54. The molecule has 0 aliphatic rings. The second-order valence-corrected chi connectivity index (χ2v) is 6.51. The molecule has 6 heteroatoms. The van der Waals surface area contributed by atoms with E-state index >= 15 is 0 Å². The smallest absolute Gasteiger partial charge is 0.211 e. The highest BCUT2D eigenvalue weighted by Gasteiger charge is 2.09. The molecule has 2 aromatic heterocycles. The van der Waals surface area contributed by atoms with Crippen LogP contribution in [-0.4, -0.2) is 14.2 Å². The first kappa shape index (κ1) is 12.3. The van der Waals surface area contributed by atoms with Crippen LogP contribution < -0.4 is 4.72 Å². The molecule has 17 heavy (non-hydrogen) atoms. The van der Waals surface area contributed by atoms with Crippen molar-refractivity contribution in [2.45, 2.75) is 13.5 Å². The first-order chi connectivity index (χ1) is 8.11. The Bertz CT molecular complexity index is 570. The molecule has 0 aromatic carbocycles. The van der Waals surface area contributed by atoms with Crippen LogP contribution in [0, 0.1) is 0 Å². The van der Waals surface area contributed by atoms with E-state index in [0.717, 1.165) is 10.6 Å². The normalized spacial score (nSPS) is 11.8. The molecular formula is C11H13NO3S2. The molecule has 0 aliphatic heterocycles. The fraction of sp³-hybridized carbons (Fsp3) is 0.273. The third-order valence-corrected chi connectivity index (χ3v) is 4.50. The Morgan fingerprint density at radius 3 is 2.82 bits per heavy atom. The van der Waals surface area contributed by atoms with E-state index in [1.54, 1.807) is 24.3 Å². The second-order valence-electron chi connectivity index (χ2n) is 3.47. The van der Waals surface area contributed by atoms with E-state index in [9.17, 15) is 8.42 Å². The molecule has 0 aliphatic carbocycles. The highest BCUT2D eigenvalue weighted by molar-refractivity contribution is 7.89. The SMILES string of the molecule is CCS(=O)(=O)NCc1ccc(-c2cccs2)o1. The Morgan fingerprint density at radius 1 is 1.35 bits per heavy atom. The lowest BCUT2D eigenvalue weighted by Gasteiger charge is -2.01. The maximum Gasteiger partial charge on any atom is 0.211 e. The van der Waals surface area contributed by atoms with Crippen molar-refractivity contribution in [1.29, 1.82) is 0 Å². The highest BCUT2D eigenvalue weighted by Crippen LogP contribution is 2.26. The molecular weight excluding hydrogens is 258 g/mol. The van der Waals surface area contributed by atoms with Gasteiger partial charge in [-0.2, -0.15) is 0 Å². The van der Waals surface area contributed by atoms with Gasteiger partial charge in [-0.1, -0.05) is 6.07 Å². The fourth-order valence-corrected chi connectivity index (χ4v) is 2.56. The third kappa shape index (κ3) is 3.18. The maximum absolute atomic E-state index is 11.3. The number of hydrogen-bond acceptors (Lipinski definition) is 4. The molecule has 0 atom stereocenters. The molecule has 0 spiro atoms. The molecule has 2 heterocycles. The Kier molecular flexibility index (Phi) is 3.66.